The monoisotopic (exact) mass is 525 g/mol. The maximum Gasteiger partial charge on any atom is 0.420 e. The van der Waals surface area contributed by atoms with Crippen LogP contribution in [0.25, 0.3) is 33.6 Å². The number of oxazole rings is 1. The van der Waals surface area contributed by atoms with Crippen molar-refractivity contribution < 1.29 is 28.4 Å². The molecular weight excluding hydrogens is 506 g/mol. The number of hydrogen-bond donors (Lipinski definition) is 2. The summed E-state index contributed by atoms with van der Waals surface area (Å²) in [5.41, 5.74) is 3.55. The third-order valence-corrected chi connectivity index (χ3v) is 6.46. The lowest BCUT2D eigenvalue weighted by atomic mass is 10.0. The molecule has 12 heteroatoms. The van der Waals surface area contributed by atoms with Gasteiger partial charge in [-0.1, -0.05) is 29.4 Å². The van der Waals surface area contributed by atoms with Crippen LogP contribution < -0.4 is 11.1 Å². The first-order valence-electron chi connectivity index (χ1n) is 12.0. The summed E-state index contributed by atoms with van der Waals surface area (Å²) in [5.74, 6) is -2.04. The number of aromatic carboxylic acids is 1. The molecule has 2 N–H and O–H groups in total. The zero-order valence-electron chi connectivity index (χ0n) is 20.2. The lowest BCUT2D eigenvalue weighted by Gasteiger charge is -2.21. The van der Waals surface area contributed by atoms with Gasteiger partial charge in [-0.3, -0.25) is 19.5 Å². The van der Waals surface area contributed by atoms with Crippen LogP contribution in [0, 0.1) is 0 Å². The summed E-state index contributed by atoms with van der Waals surface area (Å²) in [4.78, 5) is 56.1. The van der Waals surface area contributed by atoms with Gasteiger partial charge in [0.05, 0.1) is 11.9 Å². The van der Waals surface area contributed by atoms with Gasteiger partial charge in [0.2, 0.25) is 23.5 Å². The van der Waals surface area contributed by atoms with Gasteiger partial charge < -0.3 is 14.0 Å². The van der Waals surface area contributed by atoms with Gasteiger partial charge in [-0.25, -0.2) is 14.6 Å². The number of carbonyl (C=O) groups is 3. The predicted octanol–water partition coefficient (Wildman–Crippen LogP) is 2.97. The molecule has 1 unspecified atom stereocenters. The minimum atomic E-state index is -1.11. The van der Waals surface area contributed by atoms with Gasteiger partial charge in [0, 0.05) is 18.2 Å². The number of amides is 2. The van der Waals surface area contributed by atoms with E-state index in [0.29, 0.717) is 33.9 Å². The van der Waals surface area contributed by atoms with Gasteiger partial charge >= 0.3 is 11.7 Å². The highest BCUT2D eigenvalue weighted by Gasteiger charge is 2.31. The third kappa shape index (κ3) is 4.59. The van der Waals surface area contributed by atoms with Crippen LogP contribution >= 0.6 is 0 Å². The SMILES string of the molecule is O=C1CCC(n2c(=O)oc3ccc(Cc4nc(-c5cccc(-c6ccnc(C(=O)O)c6)c5)no4)cc32)C(=O)N1. The van der Waals surface area contributed by atoms with Crippen molar-refractivity contribution in [2.45, 2.75) is 25.3 Å². The Morgan fingerprint density at radius 3 is 2.69 bits per heavy atom. The summed E-state index contributed by atoms with van der Waals surface area (Å²) in [6.45, 7) is 0. The number of hydrogen-bond acceptors (Lipinski definition) is 9. The van der Waals surface area contributed by atoms with Gasteiger partial charge in [-0.05, 0) is 53.4 Å². The highest BCUT2D eigenvalue weighted by Crippen LogP contribution is 2.27. The van der Waals surface area contributed by atoms with E-state index in [4.69, 9.17) is 8.94 Å². The molecule has 0 radical (unpaired) electrons. The van der Waals surface area contributed by atoms with Crippen LogP contribution in [0.15, 0.2) is 74.5 Å². The highest BCUT2D eigenvalue weighted by atomic mass is 16.5. The second kappa shape index (κ2) is 9.49. The van der Waals surface area contributed by atoms with E-state index in [2.05, 4.69) is 20.4 Å². The zero-order chi connectivity index (χ0) is 27.1. The van der Waals surface area contributed by atoms with E-state index in [1.54, 1.807) is 24.3 Å². The van der Waals surface area contributed by atoms with Gasteiger partial charge in [0.25, 0.3) is 0 Å². The molecule has 12 nitrogen and oxygen atoms in total. The Kier molecular flexibility index (Phi) is 5.83. The van der Waals surface area contributed by atoms with E-state index in [1.165, 1.54) is 16.8 Å². The highest BCUT2D eigenvalue weighted by molar-refractivity contribution is 6.00. The molecule has 3 aromatic heterocycles. The number of aromatic nitrogens is 4. The van der Waals surface area contributed by atoms with Crippen LogP contribution in [-0.2, 0) is 16.0 Å². The standard InChI is InChI=1S/C27H19N5O7/c33-22-7-5-19(25(34)29-22)32-20-10-14(4-6-21(20)38-27(32)37)11-23-30-24(31-39-23)17-3-1-2-15(12-17)16-8-9-28-18(13-16)26(35)36/h1-4,6,8-10,12-13,19H,5,7,11H2,(H,35,36)(H,29,33,34). The summed E-state index contributed by atoms with van der Waals surface area (Å²) in [6, 6.07) is 14.8. The molecule has 2 aromatic carbocycles. The van der Waals surface area contributed by atoms with Gasteiger partial charge in [0.15, 0.2) is 5.58 Å². The van der Waals surface area contributed by atoms with E-state index in [9.17, 15) is 24.3 Å². The molecule has 0 saturated carbocycles. The fourth-order valence-electron chi connectivity index (χ4n) is 4.60. The van der Waals surface area contributed by atoms with Gasteiger partial charge in [0.1, 0.15) is 11.7 Å². The van der Waals surface area contributed by atoms with Crippen molar-refractivity contribution in [2.24, 2.45) is 0 Å². The first kappa shape index (κ1) is 24.0. The predicted molar refractivity (Wildman–Crippen MR) is 135 cm³/mol. The zero-order valence-corrected chi connectivity index (χ0v) is 20.2. The number of piperidine rings is 1. The summed E-state index contributed by atoms with van der Waals surface area (Å²) in [7, 11) is 0. The molecule has 1 atom stereocenters. The molecule has 1 aliphatic heterocycles. The molecule has 0 aliphatic carbocycles. The van der Waals surface area contributed by atoms with Crippen LogP contribution in [0.2, 0.25) is 0 Å². The number of nitrogens with zero attached hydrogens (tertiary/aromatic N) is 4. The van der Waals surface area contributed by atoms with Gasteiger partial charge in [-0.2, -0.15) is 4.98 Å². The molecule has 194 valence electrons. The molecule has 5 aromatic rings. The number of imide groups is 1. The molecule has 6 rings (SSSR count). The van der Waals surface area contributed by atoms with Crippen molar-refractivity contribution in [3.05, 3.63) is 88.5 Å². The number of carboxylic acids is 1. The summed E-state index contributed by atoms with van der Waals surface area (Å²) in [6.07, 6.45) is 2.02. The molecule has 2 amide bonds. The second-order valence-corrected chi connectivity index (χ2v) is 9.01. The molecule has 0 bridgehead atoms. The maximum absolute atomic E-state index is 12.5. The lowest BCUT2D eigenvalue weighted by Crippen LogP contribution is -2.43. The Morgan fingerprint density at radius 2 is 1.87 bits per heavy atom. The van der Waals surface area contributed by atoms with E-state index >= 15 is 0 Å². The molecule has 0 spiro atoms. The Labute approximate surface area is 218 Å². The number of fused-ring (bicyclic) bond motifs is 1. The van der Waals surface area contributed by atoms with Crippen LogP contribution in [0.5, 0.6) is 0 Å². The molecule has 1 saturated heterocycles. The Hall–Kier alpha value is -5.39. The number of nitrogens with one attached hydrogen (secondary N) is 1. The molecule has 4 heterocycles. The van der Waals surface area contributed by atoms with Gasteiger partial charge in [-0.15, -0.1) is 0 Å². The fraction of sp³-hybridized carbons (Fsp3) is 0.148. The Morgan fingerprint density at radius 1 is 1.05 bits per heavy atom. The normalized spacial score (nSPS) is 15.4. The van der Waals surface area contributed by atoms with Crippen molar-refractivity contribution >= 4 is 28.9 Å². The Balaban J connectivity index is 1.27. The van der Waals surface area contributed by atoms with Crippen molar-refractivity contribution in [2.75, 3.05) is 0 Å². The average Bonchev–Trinajstić information content (AvgIpc) is 3.52. The van der Waals surface area contributed by atoms with Crippen molar-refractivity contribution in [3.63, 3.8) is 0 Å². The van der Waals surface area contributed by atoms with E-state index in [-0.39, 0.29) is 30.9 Å². The molecule has 39 heavy (non-hydrogen) atoms. The fourth-order valence-corrected chi connectivity index (χ4v) is 4.60. The quantitative estimate of drug-likeness (QED) is 0.314. The van der Waals surface area contributed by atoms with E-state index in [1.807, 2.05) is 24.3 Å². The van der Waals surface area contributed by atoms with Crippen molar-refractivity contribution in [3.8, 4) is 22.5 Å². The number of rotatable bonds is 6. The first-order chi connectivity index (χ1) is 18.9. The number of carboxylic acid groups (broad SMARTS) is 1. The minimum absolute atomic E-state index is 0.0580. The topological polar surface area (TPSA) is 170 Å². The van der Waals surface area contributed by atoms with Crippen LogP contribution in [0.1, 0.15) is 40.8 Å². The molecular formula is C27H19N5O7. The van der Waals surface area contributed by atoms with Crippen molar-refractivity contribution in [1.29, 1.82) is 0 Å². The van der Waals surface area contributed by atoms with Crippen LogP contribution in [-0.4, -0.2) is 42.6 Å². The number of pyridine rings is 1. The number of benzene rings is 2. The van der Waals surface area contributed by atoms with Crippen LogP contribution in [0.3, 0.4) is 0 Å². The second-order valence-electron chi connectivity index (χ2n) is 9.01. The summed E-state index contributed by atoms with van der Waals surface area (Å²) >= 11 is 0. The first-order valence-corrected chi connectivity index (χ1v) is 12.0. The molecule has 1 aliphatic rings. The lowest BCUT2D eigenvalue weighted by molar-refractivity contribution is -0.135. The maximum atomic E-state index is 12.5. The summed E-state index contributed by atoms with van der Waals surface area (Å²) < 4.78 is 12.1. The number of carbonyl (C=O) groups excluding carboxylic acids is 2. The van der Waals surface area contributed by atoms with Crippen molar-refractivity contribution in [1.82, 2.24) is 25.0 Å². The van der Waals surface area contributed by atoms with E-state index in [0.717, 1.165) is 11.1 Å². The van der Waals surface area contributed by atoms with E-state index < -0.39 is 23.7 Å². The molecule has 1 fully saturated rings. The van der Waals surface area contributed by atoms with Crippen LogP contribution in [0.4, 0.5) is 0 Å². The average molecular weight is 525 g/mol. The minimum Gasteiger partial charge on any atom is -0.477 e. The largest absolute Gasteiger partial charge is 0.477 e. The summed E-state index contributed by atoms with van der Waals surface area (Å²) in [5, 5.41) is 15.6. The Bertz CT molecular complexity index is 1830. The third-order valence-electron chi connectivity index (χ3n) is 6.46. The smallest absolute Gasteiger partial charge is 0.420 e.